The van der Waals surface area contributed by atoms with Gasteiger partial charge < -0.3 is 17.0 Å². The third kappa shape index (κ3) is 4.05. The lowest BCUT2D eigenvalue weighted by Gasteiger charge is -2.20. The Morgan fingerprint density at radius 1 is 1.50 bits per heavy atom. The number of aliphatic hydroxyl groups is 1. The molecule has 3 heteroatoms. The highest BCUT2D eigenvalue weighted by atomic mass is 16.3. The summed E-state index contributed by atoms with van der Waals surface area (Å²) in [6.45, 7) is 5.16. The Morgan fingerprint density at radius 2 is 1.62 bits per heavy atom. The van der Waals surface area contributed by atoms with Gasteiger partial charge in [-0.15, -0.1) is 0 Å². The van der Waals surface area contributed by atoms with Crippen molar-refractivity contribution in [2.24, 2.45) is 5.73 Å². The Labute approximate surface area is 50.5 Å². The van der Waals surface area contributed by atoms with Crippen molar-refractivity contribution in [2.75, 3.05) is 0 Å². The van der Waals surface area contributed by atoms with Crippen LogP contribution in [0.3, 0.4) is 0 Å². The SMILES string of the molecule is CC(N)C(C)(C)O.N. The maximum atomic E-state index is 8.97. The van der Waals surface area contributed by atoms with Gasteiger partial charge in [-0.25, -0.2) is 0 Å². The summed E-state index contributed by atoms with van der Waals surface area (Å²) in [6, 6.07) is -0.146. The van der Waals surface area contributed by atoms with Crippen molar-refractivity contribution in [1.29, 1.82) is 0 Å². The van der Waals surface area contributed by atoms with E-state index in [2.05, 4.69) is 0 Å². The first-order valence-electron chi connectivity index (χ1n) is 2.42. The highest BCUT2D eigenvalue weighted by molar-refractivity contribution is 4.74. The van der Waals surface area contributed by atoms with E-state index in [0.717, 1.165) is 0 Å². The van der Waals surface area contributed by atoms with Gasteiger partial charge in [-0.05, 0) is 20.8 Å². The summed E-state index contributed by atoms with van der Waals surface area (Å²) in [5.41, 5.74) is 4.60. The molecule has 0 aromatic carbocycles. The Bertz CT molecular complexity index is 55.9. The highest BCUT2D eigenvalue weighted by Crippen LogP contribution is 2.03. The summed E-state index contributed by atoms with van der Waals surface area (Å²) in [6.07, 6.45) is 0. The molecule has 0 aromatic heterocycles. The second-order valence-corrected chi connectivity index (χ2v) is 2.44. The number of hydrogen-bond donors (Lipinski definition) is 3. The van der Waals surface area contributed by atoms with Crippen molar-refractivity contribution in [3.8, 4) is 0 Å². The van der Waals surface area contributed by atoms with E-state index in [-0.39, 0.29) is 12.2 Å². The molecule has 0 saturated heterocycles. The van der Waals surface area contributed by atoms with Crippen molar-refractivity contribution < 1.29 is 5.11 Å². The molecule has 0 spiro atoms. The monoisotopic (exact) mass is 120 g/mol. The minimum Gasteiger partial charge on any atom is -0.389 e. The standard InChI is InChI=1S/C5H13NO.H3N/c1-4(6)5(2,3)7;/h4,7H,6H2,1-3H3;1H3. The van der Waals surface area contributed by atoms with Crippen LogP contribution in [0.15, 0.2) is 0 Å². The van der Waals surface area contributed by atoms with Gasteiger partial charge in [0.2, 0.25) is 0 Å². The number of nitrogens with two attached hydrogens (primary N) is 1. The van der Waals surface area contributed by atoms with E-state index >= 15 is 0 Å². The molecule has 0 aliphatic rings. The third-order valence-electron chi connectivity index (χ3n) is 1.11. The topological polar surface area (TPSA) is 81.2 Å². The quantitative estimate of drug-likeness (QED) is 0.464. The minimum absolute atomic E-state index is 0. The minimum atomic E-state index is -0.722. The molecule has 0 aliphatic carbocycles. The fourth-order valence-corrected chi connectivity index (χ4v) is 0. The Morgan fingerprint density at radius 3 is 1.62 bits per heavy atom. The van der Waals surface area contributed by atoms with Gasteiger partial charge in [-0.1, -0.05) is 0 Å². The lowest BCUT2D eigenvalue weighted by molar-refractivity contribution is 0.0582. The Hall–Kier alpha value is -0.120. The molecule has 0 amide bonds. The van der Waals surface area contributed by atoms with E-state index in [9.17, 15) is 0 Å². The zero-order chi connectivity index (χ0) is 6.08. The summed E-state index contributed by atoms with van der Waals surface area (Å²) < 4.78 is 0. The maximum absolute atomic E-state index is 8.97. The third-order valence-corrected chi connectivity index (χ3v) is 1.11. The lowest BCUT2D eigenvalue weighted by atomic mass is 10.0. The molecule has 0 aliphatic heterocycles. The van der Waals surface area contributed by atoms with E-state index in [1.54, 1.807) is 20.8 Å². The fourth-order valence-electron chi connectivity index (χ4n) is 0. The molecule has 0 heterocycles. The molecule has 1 atom stereocenters. The van der Waals surface area contributed by atoms with Crippen LogP contribution >= 0.6 is 0 Å². The van der Waals surface area contributed by atoms with Crippen LogP contribution in [-0.2, 0) is 0 Å². The van der Waals surface area contributed by atoms with Crippen LogP contribution in [0.1, 0.15) is 20.8 Å². The van der Waals surface area contributed by atoms with Crippen LogP contribution in [0.5, 0.6) is 0 Å². The molecule has 0 bridgehead atoms. The summed E-state index contributed by atoms with van der Waals surface area (Å²) in [5, 5.41) is 8.97. The predicted octanol–water partition coefficient (Wildman–Crippen LogP) is 0.266. The Balaban J connectivity index is 0. The van der Waals surface area contributed by atoms with Gasteiger partial charge in [0, 0.05) is 6.04 Å². The van der Waals surface area contributed by atoms with E-state index in [1.807, 2.05) is 0 Å². The van der Waals surface area contributed by atoms with E-state index in [1.165, 1.54) is 0 Å². The second kappa shape index (κ2) is 3.02. The van der Waals surface area contributed by atoms with Gasteiger partial charge in [-0.3, -0.25) is 0 Å². The van der Waals surface area contributed by atoms with Crippen molar-refractivity contribution in [3.05, 3.63) is 0 Å². The van der Waals surface area contributed by atoms with E-state index in [0.29, 0.717) is 0 Å². The van der Waals surface area contributed by atoms with Crippen molar-refractivity contribution in [1.82, 2.24) is 6.15 Å². The normalized spacial score (nSPS) is 14.6. The zero-order valence-electron chi connectivity index (χ0n) is 5.81. The molecule has 0 radical (unpaired) electrons. The fraction of sp³-hybridized carbons (Fsp3) is 1.00. The predicted molar refractivity (Wildman–Crippen MR) is 35.0 cm³/mol. The van der Waals surface area contributed by atoms with Gasteiger partial charge in [-0.2, -0.15) is 0 Å². The van der Waals surface area contributed by atoms with Crippen LogP contribution in [0.25, 0.3) is 0 Å². The highest BCUT2D eigenvalue weighted by Gasteiger charge is 2.16. The molecular formula is C5H16N2O. The summed E-state index contributed by atoms with van der Waals surface area (Å²) >= 11 is 0. The molecule has 8 heavy (non-hydrogen) atoms. The summed E-state index contributed by atoms with van der Waals surface area (Å²) in [7, 11) is 0. The van der Waals surface area contributed by atoms with Crippen LogP contribution < -0.4 is 11.9 Å². The lowest BCUT2D eigenvalue weighted by Crippen LogP contribution is -2.40. The zero-order valence-corrected chi connectivity index (χ0v) is 5.81. The van der Waals surface area contributed by atoms with Crippen molar-refractivity contribution in [3.63, 3.8) is 0 Å². The number of hydrogen-bond acceptors (Lipinski definition) is 3. The molecule has 52 valence electrons. The molecule has 0 rings (SSSR count). The van der Waals surface area contributed by atoms with Crippen molar-refractivity contribution in [2.45, 2.75) is 32.4 Å². The van der Waals surface area contributed by atoms with Crippen LogP contribution in [0.2, 0.25) is 0 Å². The molecule has 6 N–H and O–H groups in total. The van der Waals surface area contributed by atoms with Crippen LogP contribution in [0, 0.1) is 0 Å². The molecule has 0 saturated carbocycles. The summed E-state index contributed by atoms with van der Waals surface area (Å²) in [4.78, 5) is 0. The van der Waals surface area contributed by atoms with Gasteiger partial charge >= 0.3 is 0 Å². The van der Waals surface area contributed by atoms with Crippen LogP contribution in [0.4, 0.5) is 0 Å². The van der Waals surface area contributed by atoms with E-state index < -0.39 is 5.60 Å². The van der Waals surface area contributed by atoms with Gasteiger partial charge in [0.25, 0.3) is 0 Å². The largest absolute Gasteiger partial charge is 0.389 e. The maximum Gasteiger partial charge on any atom is 0.0739 e. The first-order chi connectivity index (χ1) is 2.94. The van der Waals surface area contributed by atoms with Crippen molar-refractivity contribution >= 4 is 0 Å². The average molecular weight is 120 g/mol. The molecular weight excluding hydrogens is 104 g/mol. The smallest absolute Gasteiger partial charge is 0.0739 e. The first-order valence-corrected chi connectivity index (χ1v) is 2.42. The Kier molecular flexibility index (Phi) is 4.07. The molecule has 0 aromatic rings. The van der Waals surface area contributed by atoms with Gasteiger partial charge in [0.1, 0.15) is 0 Å². The van der Waals surface area contributed by atoms with E-state index in [4.69, 9.17) is 10.8 Å². The number of rotatable bonds is 1. The molecule has 1 unspecified atom stereocenters. The second-order valence-electron chi connectivity index (χ2n) is 2.44. The molecule has 0 fully saturated rings. The van der Waals surface area contributed by atoms with Gasteiger partial charge in [0.05, 0.1) is 5.60 Å². The van der Waals surface area contributed by atoms with Gasteiger partial charge in [0.15, 0.2) is 0 Å². The first kappa shape index (κ1) is 10.8. The average Bonchev–Trinajstić information content (AvgIpc) is 1.31. The summed E-state index contributed by atoms with van der Waals surface area (Å²) in [5.74, 6) is 0. The van der Waals surface area contributed by atoms with Crippen LogP contribution in [-0.4, -0.2) is 16.7 Å². The molecule has 3 nitrogen and oxygen atoms in total.